The standard InChI is InChI=1S/C16H21N3O3S/c1-12-4-3-5-15-14(12)10-17-19(15)8-6-16(20)18(2)13-7-9-23(21,22)11-13/h3-5,10,13H,6-9,11H2,1-2H3/t13-/m0/s1. The van der Waals surface area contributed by atoms with E-state index >= 15 is 0 Å². The van der Waals surface area contributed by atoms with E-state index in [2.05, 4.69) is 5.10 Å². The molecule has 124 valence electrons. The molecule has 3 rings (SSSR count). The van der Waals surface area contributed by atoms with Gasteiger partial charge >= 0.3 is 0 Å². The van der Waals surface area contributed by atoms with Gasteiger partial charge in [-0.2, -0.15) is 5.10 Å². The molecule has 1 aromatic carbocycles. The predicted octanol–water partition coefficient (Wildman–Crippen LogP) is 1.38. The zero-order chi connectivity index (χ0) is 16.6. The van der Waals surface area contributed by atoms with Crippen LogP contribution in [0.25, 0.3) is 10.9 Å². The molecule has 1 aliphatic heterocycles. The predicted molar refractivity (Wildman–Crippen MR) is 88.9 cm³/mol. The van der Waals surface area contributed by atoms with Crippen molar-refractivity contribution in [2.45, 2.75) is 32.4 Å². The maximum atomic E-state index is 12.3. The van der Waals surface area contributed by atoms with Crippen LogP contribution in [0, 0.1) is 6.92 Å². The first kappa shape index (κ1) is 16.0. The lowest BCUT2D eigenvalue weighted by Crippen LogP contribution is -2.38. The van der Waals surface area contributed by atoms with Crippen LogP contribution in [0.4, 0.5) is 0 Å². The Labute approximate surface area is 136 Å². The minimum atomic E-state index is -2.98. The molecule has 2 aromatic rings. The largest absolute Gasteiger partial charge is 0.342 e. The smallest absolute Gasteiger partial charge is 0.224 e. The highest BCUT2D eigenvalue weighted by atomic mass is 32.2. The van der Waals surface area contributed by atoms with E-state index in [0.29, 0.717) is 19.4 Å². The summed E-state index contributed by atoms with van der Waals surface area (Å²) in [6.07, 6.45) is 2.68. The van der Waals surface area contributed by atoms with E-state index < -0.39 is 9.84 Å². The number of hydrogen-bond donors (Lipinski definition) is 0. The highest BCUT2D eigenvalue weighted by molar-refractivity contribution is 7.91. The molecule has 1 fully saturated rings. The van der Waals surface area contributed by atoms with Crippen LogP contribution in [0.2, 0.25) is 0 Å². The summed E-state index contributed by atoms with van der Waals surface area (Å²) in [6, 6.07) is 5.82. The fourth-order valence-corrected chi connectivity index (χ4v) is 4.86. The van der Waals surface area contributed by atoms with Gasteiger partial charge < -0.3 is 4.90 Å². The summed E-state index contributed by atoms with van der Waals surface area (Å²) in [4.78, 5) is 13.9. The number of sulfone groups is 1. The van der Waals surface area contributed by atoms with Crippen LogP contribution < -0.4 is 0 Å². The van der Waals surface area contributed by atoms with Crippen molar-refractivity contribution in [1.82, 2.24) is 14.7 Å². The number of carbonyl (C=O) groups is 1. The Balaban J connectivity index is 1.65. The van der Waals surface area contributed by atoms with E-state index in [0.717, 1.165) is 16.5 Å². The number of aromatic nitrogens is 2. The molecule has 6 nitrogen and oxygen atoms in total. The van der Waals surface area contributed by atoms with Crippen molar-refractivity contribution in [2.75, 3.05) is 18.6 Å². The van der Waals surface area contributed by atoms with Gasteiger partial charge in [0.25, 0.3) is 0 Å². The van der Waals surface area contributed by atoms with Crippen LogP contribution in [-0.2, 0) is 21.2 Å². The monoisotopic (exact) mass is 335 g/mol. The molecule has 0 spiro atoms. The first-order chi connectivity index (χ1) is 10.9. The van der Waals surface area contributed by atoms with E-state index in [1.807, 2.05) is 36.0 Å². The number of benzene rings is 1. The van der Waals surface area contributed by atoms with Crippen molar-refractivity contribution in [3.63, 3.8) is 0 Å². The fourth-order valence-electron chi connectivity index (χ4n) is 3.09. The number of hydrogen-bond acceptors (Lipinski definition) is 4. The van der Waals surface area contributed by atoms with E-state index in [1.54, 1.807) is 11.9 Å². The van der Waals surface area contributed by atoms with Crippen molar-refractivity contribution in [3.05, 3.63) is 30.0 Å². The third kappa shape index (κ3) is 3.24. The number of aryl methyl sites for hydroxylation is 2. The quantitative estimate of drug-likeness (QED) is 0.846. The van der Waals surface area contributed by atoms with Gasteiger partial charge in [-0.25, -0.2) is 8.42 Å². The van der Waals surface area contributed by atoms with Gasteiger partial charge in [-0.05, 0) is 25.0 Å². The molecule has 1 aliphatic rings. The van der Waals surface area contributed by atoms with E-state index in [9.17, 15) is 13.2 Å². The number of fused-ring (bicyclic) bond motifs is 1. The maximum Gasteiger partial charge on any atom is 0.224 e. The number of carbonyl (C=O) groups excluding carboxylic acids is 1. The van der Waals surface area contributed by atoms with Gasteiger partial charge in [0.15, 0.2) is 9.84 Å². The Hall–Kier alpha value is -1.89. The third-order valence-electron chi connectivity index (χ3n) is 4.59. The molecule has 7 heteroatoms. The summed E-state index contributed by atoms with van der Waals surface area (Å²) in [5.41, 5.74) is 2.18. The van der Waals surface area contributed by atoms with Crippen molar-refractivity contribution >= 4 is 26.6 Å². The fraction of sp³-hybridized carbons (Fsp3) is 0.500. The highest BCUT2D eigenvalue weighted by Gasteiger charge is 2.32. The van der Waals surface area contributed by atoms with Crippen LogP contribution in [0.3, 0.4) is 0 Å². The minimum absolute atomic E-state index is 0.0385. The molecular formula is C16H21N3O3S. The molecule has 1 saturated heterocycles. The van der Waals surface area contributed by atoms with Crippen molar-refractivity contribution in [1.29, 1.82) is 0 Å². The van der Waals surface area contributed by atoms with Gasteiger partial charge in [0.2, 0.25) is 5.91 Å². The molecule has 0 unspecified atom stereocenters. The second kappa shape index (κ2) is 5.96. The van der Waals surface area contributed by atoms with Gasteiger partial charge in [-0.1, -0.05) is 12.1 Å². The Morgan fingerprint density at radius 3 is 2.91 bits per heavy atom. The lowest BCUT2D eigenvalue weighted by atomic mass is 10.1. The summed E-state index contributed by atoms with van der Waals surface area (Å²) >= 11 is 0. The molecule has 0 N–H and O–H groups in total. The van der Waals surface area contributed by atoms with Crippen molar-refractivity contribution in [2.24, 2.45) is 0 Å². The molecular weight excluding hydrogens is 314 g/mol. The Morgan fingerprint density at radius 1 is 1.43 bits per heavy atom. The molecule has 1 amide bonds. The van der Waals surface area contributed by atoms with E-state index in [4.69, 9.17) is 0 Å². The molecule has 0 radical (unpaired) electrons. The Bertz CT molecular complexity index is 841. The van der Waals surface area contributed by atoms with Crippen LogP contribution in [0.1, 0.15) is 18.4 Å². The van der Waals surface area contributed by atoms with Gasteiger partial charge in [-0.3, -0.25) is 9.48 Å². The molecule has 1 atom stereocenters. The van der Waals surface area contributed by atoms with Gasteiger partial charge in [0.05, 0.1) is 29.8 Å². The lowest BCUT2D eigenvalue weighted by molar-refractivity contribution is -0.131. The highest BCUT2D eigenvalue weighted by Crippen LogP contribution is 2.19. The average molecular weight is 335 g/mol. The van der Waals surface area contributed by atoms with Crippen LogP contribution >= 0.6 is 0 Å². The summed E-state index contributed by atoms with van der Waals surface area (Å²) in [5.74, 6) is 0.223. The van der Waals surface area contributed by atoms with Gasteiger partial charge in [0.1, 0.15) is 0 Å². The van der Waals surface area contributed by atoms with Crippen molar-refractivity contribution in [3.8, 4) is 0 Å². The molecule has 0 aliphatic carbocycles. The SMILES string of the molecule is Cc1cccc2c1cnn2CCC(=O)N(C)[C@H]1CCS(=O)(=O)C1. The van der Waals surface area contributed by atoms with E-state index in [-0.39, 0.29) is 23.5 Å². The van der Waals surface area contributed by atoms with Gasteiger partial charge in [-0.15, -0.1) is 0 Å². The van der Waals surface area contributed by atoms with E-state index in [1.165, 1.54) is 0 Å². The zero-order valence-electron chi connectivity index (χ0n) is 13.4. The maximum absolute atomic E-state index is 12.3. The first-order valence-electron chi connectivity index (χ1n) is 7.74. The topological polar surface area (TPSA) is 72.3 Å². The number of rotatable bonds is 4. The van der Waals surface area contributed by atoms with Gasteiger partial charge in [0, 0.05) is 24.9 Å². The molecule has 0 saturated carbocycles. The minimum Gasteiger partial charge on any atom is -0.342 e. The second-order valence-corrected chi connectivity index (χ2v) is 8.42. The Kier molecular flexibility index (Phi) is 4.14. The average Bonchev–Trinajstić information content (AvgIpc) is 3.08. The van der Waals surface area contributed by atoms with Crippen molar-refractivity contribution < 1.29 is 13.2 Å². The van der Waals surface area contributed by atoms with Crippen LogP contribution in [0.15, 0.2) is 24.4 Å². The Morgan fingerprint density at radius 2 is 2.22 bits per heavy atom. The summed E-state index contributed by atoms with van der Waals surface area (Å²) in [7, 11) is -1.28. The molecule has 0 bridgehead atoms. The lowest BCUT2D eigenvalue weighted by Gasteiger charge is -2.23. The zero-order valence-corrected chi connectivity index (χ0v) is 14.2. The van der Waals surface area contributed by atoms with Crippen LogP contribution in [0.5, 0.6) is 0 Å². The molecule has 2 heterocycles. The normalized spacial score (nSPS) is 20.0. The van der Waals surface area contributed by atoms with Crippen LogP contribution in [-0.4, -0.2) is 53.6 Å². The molecule has 1 aromatic heterocycles. The summed E-state index contributed by atoms with van der Waals surface area (Å²) in [6.45, 7) is 2.53. The molecule has 23 heavy (non-hydrogen) atoms. The number of amides is 1. The summed E-state index contributed by atoms with van der Waals surface area (Å²) in [5, 5.41) is 5.45. The number of nitrogens with zero attached hydrogens (tertiary/aromatic N) is 3. The second-order valence-electron chi connectivity index (χ2n) is 6.19. The third-order valence-corrected chi connectivity index (χ3v) is 6.34. The first-order valence-corrected chi connectivity index (χ1v) is 9.57. The summed E-state index contributed by atoms with van der Waals surface area (Å²) < 4.78 is 24.9.